The third-order valence-electron chi connectivity index (χ3n) is 26.9. The highest BCUT2D eigenvalue weighted by Crippen LogP contribution is 2.87. The molecular weight excluding hydrogens is 871 g/mol. The summed E-state index contributed by atoms with van der Waals surface area (Å²) in [6.45, 7) is 3.57. The van der Waals surface area contributed by atoms with Gasteiger partial charge in [0.05, 0.1) is 16.4 Å². The van der Waals surface area contributed by atoms with Gasteiger partial charge in [0.1, 0.15) is 5.75 Å². The van der Waals surface area contributed by atoms with Gasteiger partial charge in [-0.2, -0.15) is 0 Å². The lowest BCUT2D eigenvalue weighted by Crippen LogP contribution is -2.58. The summed E-state index contributed by atoms with van der Waals surface area (Å²) in [7, 11) is 2.48. The molecule has 2 nitrogen and oxygen atoms in total. The molecule has 2 heteroatoms. The highest BCUT2D eigenvalue weighted by Gasteiger charge is 2.79. The molecule has 2 spiro atoms. The largest absolute Gasteiger partial charge is 0.508 e. The van der Waals surface area contributed by atoms with Crippen LogP contribution in [0.15, 0.2) is 24.3 Å². The number of hydrogen-bond donors (Lipinski definition) is 1. The van der Waals surface area contributed by atoms with Crippen molar-refractivity contribution >= 4 is 291 Å². The second-order valence-electron chi connectivity index (χ2n) is 26.9. The van der Waals surface area contributed by atoms with E-state index in [1.807, 2.05) is 6.07 Å². The summed E-state index contributed by atoms with van der Waals surface area (Å²) >= 11 is 0. The average molecular weight is 884 g/mol. The summed E-state index contributed by atoms with van der Waals surface area (Å²) in [5.41, 5.74) is 6.32. The van der Waals surface area contributed by atoms with E-state index in [4.69, 9.17) is 0 Å². The summed E-state index contributed by atoms with van der Waals surface area (Å²) in [5.74, 6) is 0.446. The fraction of sp³-hybridized carbons (Fsp3) is 0.0857. The van der Waals surface area contributed by atoms with E-state index in [2.05, 4.69) is 37.1 Å². The van der Waals surface area contributed by atoms with Crippen LogP contribution in [0.4, 0.5) is 0 Å². The molecule has 0 bridgehead atoms. The molecule has 0 radical (unpaired) electrons. The molecule has 34 rings (SSSR count). The molecule has 1 atom stereocenters. The predicted octanol–water partition coefficient (Wildman–Crippen LogP) is 17.9. The van der Waals surface area contributed by atoms with Crippen LogP contribution in [0.3, 0.4) is 0 Å². The van der Waals surface area contributed by atoms with Gasteiger partial charge >= 0.3 is 0 Å². The van der Waals surface area contributed by atoms with E-state index in [1.165, 1.54) is 0 Å². The molecule has 1 saturated heterocycles. The molecule has 0 saturated carbocycles. The van der Waals surface area contributed by atoms with Gasteiger partial charge in [0.25, 0.3) is 0 Å². The molecule has 0 aromatic heterocycles. The lowest BCUT2D eigenvalue weighted by molar-refractivity contribution is 0.138. The zero-order valence-electron chi connectivity index (χ0n) is 37.4. The Bertz CT molecular complexity index is 7310. The second-order valence-corrected chi connectivity index (χ2v) is 26.9. The first-order chi connectivity index (χ1) is 35.6. The van der Waals surface area contributed by atoms with E-state index >= 15 is 0 Å². The van der Waals surface area contributed by atoms with Crippen molar-refractivity contribution in [2.75, 3.05) is 13.6 Å². The zero-order valence-corrected chi connectivity index (χ0v) is 37.4. The van der Waals surface area contributed by atoms with Crippen molar-refractivity contribution in [3.05, 3.63) is 52.1 Å². The average Bonchev–Trinajstić information content (AvgIpc) is 4.29. The van der Waals surface area contributed by atoms with Gasteiger partial charge in [0.15, 0.2) is 0 Å². The number of phenolic OH excluding ortho intramolecular Hbond substituents is 1. The summed E-state index contributed by atoms with van der Waals surface area (Å²) in [6, 6.07) is 8.67. The number of nitrogens with zero attached hydrogens (tertiary/aromatic N) is 1. The lowest BCUT2D eigenvalue weighted by atomic mass is 9.44. The highest BCUT2D eigenvalue weighted by molar-refractivity contribution is 6.82. The van der Waals surface area contributed by atoms with Crippen molar-refractivity contribution in [1.29, 1.82) is 0 Å². The number of likely N-dealkylation sites (N-methyl/N-ethyl adjacent to an activating group) is 1. The van der Waals surface area contributed by atoms with E-state index in [-0.39, 0.29) is 5.41 Å². The Morgan fingerprint density at radius 1 is 0.292 bits per heavy atom. The minimum absolute atomic E-state index is 0.385. The van der Waals surface area contributed by atoms with E-state index in [0.29, 0.717) is 5.75 Å². The van der Waals surface area contributed by atoms with Crippen molar-refractivity contribution < 1.29 is 5.11 Å². The number of para-hydroxylation sites is 1. The smallest absolute Gasteiger partial charge is 0.120 e. The Labute approximate surface area is 393 Å². The van der Waals surface area contributed by atoms with Crippen LogP contribution in [-0.4, -0.2) is 23.6 Å². The quantitative estimate of drug-likeness (QED) is 0.166. The minimum Gasteiger partial charge on any atom is -0.508 e. The van der Waals surface area contributed by atoms with Gasteiger partial charge in [0.2, 0.25) is 0 Å². The number of aromatic hydroxyl groups is 1. The number of likely N-dealkylation sites (tertiary alicyclic amines) is 1. The molecule has 29 aromatic carbocycles. The molecule has 29 aromatic rings. The predicted molar refractivity (Wildman–Crippen MR) is 302 cm³/mol. The van der Waals surface area contributed by atoms with Crippen LogP contribution >= 0.6 is 0 Å². The third-order valence-corrected chi connectivity index (χ3v) is 26.9. The molecule has 1 N–H and O–H groups in total. The van der Waals surface area contributed by atoms with E-state index < -0.39 is 11.0 Å². The molecule has 72 heavy (non-hydrogen) atoms. The number of phenols is 1. The highest BCUT2D eigenvalue weighted by atomic mass is 16.3. The van der Waals surface area contributed by atoms with Crippen LogP contribution in [0.1, 0.15) is 34.7 Å². The Morgan fingerprint density at radius 3 is 0.708 bits per heavy atom. The van der Waals surface area contributed by atoms with Gasteiger partial charge in [-0.05, 0) is 333 Å². The normalized spacial score (nSPS) is 24.6. The van der Waals surface area contributed by atoms with Crippen molar-refractivity contribution in [3.8, 4) is 5.75 Å². The van der Waals surface area contributed by atoms with Crippen LogP contribution in [-0.2, 0) is 16.4 Å². The fourth-order valence-electron chi connectivity index (χ4n) is 26.7. The number of hydrogen-bond acceptors (Lipinski definition) is 2. The summed E-state index contributed by atoms with van der Waals surface area (Å²) < 4.78 is 0. The zero-order chi connectivity index (χ0) is 43.3. The molecule has 304 valence electrons. The molecular formula is C70H13NO. The molecule has 1 unspecified atom stereocenters. The molecule has 1 aliphatic heterocycles. The topological polar surface area (TPSA) is 23.5 Å². The Balaban J connectivity index is 1.18. The van der Waals surface area contributed by atoms with Crippen molar-refractivity contribution in [3.63, 3.8) is 0 Å². The van der Waals surface area contributed by atoms with E-state index in [0.717, 1.165) is 12.1 Å². The summed E-state index contributed by atoms with van der Waals surface area (Å²) in [4.78, 5) is 2.83. The first-order valence-electron chi connectivity index (χ1n) is 26.9. The standard InChI is InChI=1S/C70H13NO/c1-68(8-5-3-4-6-9(8)72)70-66-60-54-44-32-24-16-12-10-11-14-18(16)26(32)36-30-22(14)23-15(11)19-17-13(10)21-20(12)28-34(24)42-48-38(28)39-29(21)35-25(17)33-27(19)37-31(23)41-40(30)52(46(36)54)62(66)63-53(41)47(37)55-45(33)51-43(35)49(39)57-56(48)64(58(60)50(42)44)69(70,7-71(68)2)65(57)59(51)61(55)67(63)70/h3-6,72H,7H2,1-2H3. The molecule has 1 heterocycles. The molecule has 5 aliphatic rings. The van der Waals surface area contributed by atoms with E-state index in [9.17, 15) is 5.11 Å². The Kier molecular flexibility index (Phi) is 2.28. The monoisotopic (exact) mass is 883 g/mol. The summed E-state index contributed by atoms with van der Waals surface area (Å²) in [6.07, 6.45) is 0. The van der Waals surface area contributed by atoms with Crippen molar-refractivity contribution in [2.24, 2.45) is 0 Å². The maximum absolute atomic E-state index is 12.8. The minimum atomic E-state index is -0.596. The van der Waals surface area contributed by atoms with Gasteiger partial charge in [-0.3, -0.25) is 4.90 Å². The van der Waals surface area contributed by atoms with Crippen LogP contribution in [0.2, 0.25) is 0 Å². The Morgan fingerprint density at radius 2 is 0.486 bits per heavy atom. The van der Waals surface area contributed by atoms with Crippen molar-refractivity contribution in [2.45, 2.75) is 23.3 Å². The second kappa shape index (κ2) is 6.05. The van der Waals surface area contributed by atoms with Crippen molar-refractivity contribution in [1.82, 2.24) is 4.90 Å². The first kappa shape index (κ1) is 27.2. The lowest BCUT2D eigenvalue weighted by Gasteiger charge is -2.56. The van der Waals surface area contributed by atoms with Gasteiger partial charge in [0, 0.05) is 12.1 Å². The van der Waals surface area contributed by atoms with Crippen LogP contribution in [0.25, 0.3) is 291 Å². The van der Waals surface area contributed by atoms with Crippen LogP contribution in [0.5, 0.6) is 5.75 Å². The maximum atomic E-state index is 12.8. The van der Waals surface area contributed by atoms with Gasteiger partial charge in [-0.15, -0.1) is 0 Å². The Hall–Kier alpha value is -8.56. The number of benzene rings is 19. The van der Waals surface area contributed by atoms with Crippen LogP contribution < -0.4 is 0 Å². The van der Waals surface area contributed by atoms with Gasteiger partial charge in [-0.25, -0.2) is 0 Å². The maximum Gasteiger partial charge on any atom is 0.120 e. The fourth-order valence-corrected chi connectivity index (χ4v) is 26.7. The van der Waals surface area contributed by atoms with E-state index in [1.54, 1.807) is 313 Å². The van der Waals surface area contributed by atoms with Gasteiger partial charge in [-0.1, -0.05) is 18.2 Å². The molecule has 4 aliphatic carbocycles. The number of rotatable bonds is 1. The van der Waals surface area contributed by atoms with Crippen LogP contribution in [0, 0.1) is 0 Å². The SMILES string of the molecule is CN1CC23c4c5c6c7c8c9c(c%10c%11c2c2c4c4c%12c5c5c6c6c8c8c%13c9c9c%10c%10c%11c%11c2c2c4c4c%12c%12c5c5c6c8c6c8c%13c9c9c%10c%10c%11c2c2c4c4c%12c5c6c5c8c9c%10c2c45)C73C1(C)c1ccccc1O. The third kappa shape index (κ3) is 1.39. The summed E-state index contributed by atoms with van der Waals surface area (Å²) in [5, 5.41) is 101. The molecule has 0 amide bonds. The molecule has 1 fully saturated rings. The first-order valence-corrected chi connectivity index (χ1v) is 26.9. The van der Waals surface area contributed by atoms with Gasteiger partial charge < -0.3 is 5.11 Å².